The van der Waals surface area contributed by atoms with Gasteiger partial charge in [-0.25, -0.2) is 4.98 Å². The van der Waals surface area contributed by atoms with Crippen LogP contribution in [0.5, 0.6) is 0 Å². The third kappa shape index (κ3) is 3.01. The first-order valence-electron chi connectivity index (χ1n) is 7.34. The first kappa shape index (κ1) is 14.3. The predicted octanol–water partition coefficient (Wildman–Crippen LogP) is 3.95. The minimum atomic E-state index is -0.123. The highest BCUT2D eigenvalue weighted by atomic mass is 16.3. The lowest BCUT2D eigenvalue weighted by Crippen LogP contribution is -2.22. The number of rotatable bonds is 4. The van der Waals surface area contributed by atoms with Crippen molar-refractivity contribution in [1.29, 1.82) is 0 Å². The molecule has 3 rings (SSSR count). The summed E-state index contributed by atoms with van der Waals surface area (Å²) in [6, 6.07) is 15.6. The summed E-state index contributed by atoms with van der Waals surface area (Å²) >= 11 is 0. The third-order valence-corrected chi connectivity index (χ3v) is 3.61. The Morgan fingerprint density at radius 3 is 2.73 bits per heavy atom. The predicted molar refractivity (Wildman–Crippen MR) is 86.7 cm³/mol. The molecule has 0 aliphatic carbocycles. The molecule has 112 valence electrons. The van der Waals surface area contributed by atoms with Gasteiger partial charge in [0, 0.05) is 12.8 Å². The molecule has 1 aromatic heterocycles. The number of nitrogens with zero attached hydrogens (tertiary/aromatic N) is 1. The fourth-order valence-electron chi connectivity index (χ4n) is 2.47. The van der Waals surface area contributed by atoms with Gasteiger partial charge in [0.25, 0.3) is 0 Å². The van der Waals surface area contributed by atoms with Crippen molar-refractivity contribution in [3.8, 4) is 0 Å². The van der Waals surface area contributed by atoms with Crippen LogP contribution in [0.1, 0.15) is 18.4 Å². The van der Waals surface area contributed by atoms with E-state index in [9.17, 15) is 4.79 Å². The van der Waals surface area contributed by atoms with Gasteiger partial charge in [-0.15, -0.1) is 0 Å². The number of benzene rings is 2. The fraction of sp³-hybridized carbons (Fsp3) is 0.222. The topological polar surface area (TPSA) is 55.1 Å². The summed E-state index contributed by atoms with van der Waals surface area (Å²) in [4.78, 5) is 16.7. The summed E-state index contributed by atoms with van der Waals surface area (Å²) in [7, 11) is 0. The molecule has 3 aromatic rings. The molecule has 0 aliphatic heterocycles. The summed E-state index contributed by atoms with van der Waals surface area (Å²) in [5.41, 5.74) is 3.20. The van der Waals surface area contributed by atoms with Gasteiger partial charge in [-0.2, -0.15) is 0 Å². The Labute approximate surface area is 129 Å². The van der Waals surface area contributed by atoms with Crippen molar-refractivity contribution in [2.75, 3.05) is 5.32 Å². The van der Waals surface area contributed by atoms with Crippen LogP contribution < -0.4 is 5.32 Å². The van der Waals surface area contributed by atoms with Crippen molar-refractivity contribution < 1.29 is 9.21 Å². The number of hydrogen-bond donors (Lipinski definition) is 1. The number of fused-ring (bicyclic) bond motifs is 1. The second-order valence-corrected chi connectivity index (χ2v) is 5.47. The molecule has 0 spiro atoms. The molecule has 22 heavy (non-hydrogen) atoms. The van der Waals surface area contributed by atoms with Crippen molar-refractivity contribution in [2.24, 2.45) is 5.92 Å². The number of anilines is 1. The average Bonchev–Trinajstić information content (AvgIpc) is 2.89. The zero-order chi connectivity index (χ0) is 15.5. The normalized spacial score (nSPS) is 12.3. The summed E-state index contributed by atoms with van der Waals surface area (Å²) < 4.78 is 5.57. The molecule has 4 nitrogen and oxygen atoms in total. The van der Waals surface area contributed by atoms with E-state index in [0.29, 0.717) is 23.6 Å². The number of oxazole rings is 1. The van der Waals surface area contributed by atoms with Crippen LogP contribution in [0.2, 0.25) is 0 Å². The van der Waals surface area contributed by atoms with Crippen LogP contribution >= 0.6 is 0 Å². The molecule has 2 aromatic carbocycles. The average molecular weight is 294 g/mol. The monoisotopic (exact) mass is 294 g/mol. The fourth-order valence-corrected chi connectivity index (χ4v) is 2.47. The lowest BCUT2D eigenvalue weighted by molar-refractivity contribution is -0.119. The standard InChI is InChI=1S/C18H18N2O2/c1-12(11-14-7-4-3-5-8-14)18(21)20-16-10-6-9-15-17(16)22-13(2)19-15/h3-10,12H,11H2,1-2H3,(H,20,21). The molecule has 4 heteroatoms. The van der Waals surface area contributed by atoms with Gasteiger partial charge in [-0.05, 0) is 24.1 Å². The lowest BCUT2D eigenvalue weighted by atomic mass is 10.0. The lowest BCUT2D eigenvalue weighted by Gasteiger charge is -2.12. The van der Waals surface area contributed by atoms with Crippen LogP contribution in [0, 0.1) is 12.8 Å². The molecule has 0 fully saturated rings. The number of aryl methyl sites for hydroxylation is 1. The highest BCUT2D eigenvalue weighted by Gasteiger charge is 2.16. The largest absolute Gasteiger partial charge is 0.439 e. The van der Waals surface area contributed by atoms with Crippen LogP contribution in [-0.4, -0.2) is 10.9 Å². The van der Waals surface area contributed by atoms with E-state index in [0.717, 1.165) is 11.1 Å². The second-order valence-electron chi connectivity index (χ2n) is 5.47. The quantitative estimate of drug-likeness (QED) is 0.792. The minimum absolute atomic E-state index is 0.0228. The van der Waals surface area contributed by atoms with Crippen LogP contribution in [0.4, 0.5) is 5.69 Å². The van der Waals surface area contributed by atoms with E-state index in [-0.39, 0.29) is 11.8 Å². The van der Waals surface area contributed by atoms with Crippen LogP contribution in [-0.2, 0) is 11.2 Å². The van der Waals surface area contributed by atoms with E-state index in [1.54, 1.807) is 6.92 Å². The van der Waals surface area contributed by atoms with Gasteiger partial charge in [-0.1, -0.05) is 43.3 Å². The summed E-state index contributed by atoms with van der Waals surface area (Å²) in [5.74, 6) is 0.445. The number of carbonyl (C=O) groups excluding carboxylic acids is 1. The van der Waals surface area contributed by atoms with Gasteiger partial charge in [0.05, 0.1) is 5.69 Å². The van der Waals surface area contributed by atoms with Crippen molar-refractivity contribution in [3.05, 3.63) is 60.0 Å². The number of amides is 1. The first-order valence-corrected chi connectivity index (χ1v) is 7.34. The Hall–Kier alpha value is -2.62. The Kier molecular flexibility index (Phi) is 3.92. The molecule has 0 saturated heterocycles. The minimum Gasteiger partial charge on any atom is -0.439 e. The molecule has 1 N–H and O–H groups in total. The Morgan fingerprint density at radius 2 is 1.95 bits per heavy atom. The van der Waals surface area contributed by atoms with E-state index in [2.05, 4.69) is 10.3 Å². The molecule has 0 bridgehead atoms. The maximum absolute atomic E-state index is 12.4. The van der Waals surface area contributed by atoms with Crippen LogP contribution in [0.15, 0.2) is 52.9 Å². The van der Waals surface area contributed by atoms with E-state index in [1.165, 1.54) is 0 Å². The number of para-hydroxylation sites is 1. The van der Waals surface area contributed by atoms with Crippen molar-refractivity contribution in [1.82, 2.24) is 4.98 Å². The van der Waals surface area contributed by atoms with E-state index >= 15 is 0 Å². The molecule has 1 atom stereocenters. The van der Waals surface area contributed by atoms with Crippen LogP contribution in [0.25, 0.3) is 11.1 Å². The summed E-state index contributed by atoms with van der Waals surface area (Å²) in [5, 5.41) is 2.95. The van der Waals surface area contributed by atoms with Gasteiger partial charge in [0.1, 0.15) is 5.52 Å². The number of carbonyl (C=O) groups is 1. The zero-order valence-electron chi connectivity index (χ0n) is 12.7. The first-order chi connectivity index (χ1) is 10.6. The highest BCUT2D eigenvalue weighted by molar-refractivity contribution is 5.99. The number of nitrogens with one attached hydrogen (secondary N) is 1. The third-order valence-electron chi connectivity index (χ3n) is 3.61. The van der Waals surface area contributed by atoms with Gasteiger partial charge in [0.2, 0.25) is 5.91 Å². The van der Waals surface area contributed by atoms with E-state index in [4.69, 9.17) is 4.42 Å². The summed E-state index contributed by atoms with van der Waals surface area (Å²) in [6.07, 6.45) is 0.706. The SMILES string of the molecule is Cc1nc2cccc(NC(=O)C(C)Cc3ccccc3)c2o1. The molecular formula is C18H18N2O2. The van der Waals surface area contributed by atoms with Gasteiger partial charge in [-0.3, -0.25) is 4.79 Å². The molecule has 1 amide bonds. The Bertz CT molecular complexity index is 793. The Balaban J connectivity index is 1.75. The van der Waals surface area contributed by atoms with Crippen molar-refractivity contribution in [2.45, 2.75) is 20.3 Å². The molecule has 0 saturated carbocycles. The second kappa shape index (κ2) is 6.02. The van der Waals surface area contributed by atoms with Crippen LogP contribution in [0.3, 0.4) is 0 Å². The molecule has 0 aliphatic rings. The molecular weight excluding hydrogens is 276 g/mol. The Morgan fingerprint density at radius 1 is 1.18 bits per heavy atom. The van der Waals surface area contributed by atoms with Gasteiger partial charge < -0.3 is 9.73 Å². The smallest absolute Gasteiger partial charge is 0.227 e. The maximum Gasteiger partial charge on any atom is 0.227 e. The van der Waals surface area contributed by atoms with Gasteiger partial charge in [0.15, 0.2) is 11.5 Å². The number of hydrogen-bond acceptors (Lipinski definition) is 3. The van der Waals surface area contributed by atoms with Gasteiger partial charge >= 0.3 is 0 Å². The summed E-state index contributed by atoms with van der Waals surface area (Å²) in [6.45, 7) is 3.72. The molecule has 1 heterocycles. The van der Waals surface area contributed by atoms with Crippen molar-refractivity contribution >= 4 is 22.7 Å². The molecule has 1 unspecified atom stereocenters. The van der Waals surface area contributed by atoms with E-state index < -0.39 is 0 Å². The number of aromatic nitrogens is 1. The van der Waals surface area contributed by atoms with E-state index in [1.807, 2.05) is 55.5 Å². The van der Waals surface area contributed by atoms with Crippen molar-refractivity contribution in [3.63, 3.8) is 0 Å². The highest BCUT2D eigenvalue weighted by Crippen LogP contribution is 2.24. The zero-order valence-corrected chi connectivity index (χ0v) is 12.7. The molecule has 0 radical (unpaired) electrons. The maximum atomic E-state index is 12.4.